The minimum absolute atomic E-state index is 0.0158. The number of hydrogen-bond acceptors (Lipinski definition) is 1. The maximum Gasteiger partial charge on any atom is 0.308 e. The average molecular weight is 146 g/mol. The molecular weight excluding hydrogens is 138 g/mol. The number of nitrogens with two attached hydrogens (primary N) is 1. The second kappa shape index (κ2) is 2.84. The molecule has 1 aromatic rings. The number of amidine groups is 1. The summed E-state index contributed by atoms with van der Waals surface area (Å²) in [6.07, 6.45) is 0. The van der Waals surface area contributed by atoms with E-state index >= 15 is 0 Å². The van der Waals surface area contributed by atoms with E-state index in [9.17, 15) is 0 Å². The van der Waals surface area contributed by atoms with Gasteiger partial charge in [0, 0.05) is 5.56 Å². The molecule has 0 atom stereocenters. The first kappa shape index (κ1) is 7.29. The highest BCUT2D eigenvalue weighted by Gasteiger charge is 1.98. The summed E-state index contributed by atoms with van der Waals surface area (Å²) in [4.78, 5) is 0. The van der Waals surface area contributed by atoms with E-state index < -0.39 is 0 Å². The monoisotopic (exact) mass is 146 g/mol. The molecule has 11 heavy (non-hydrogen) atoms. The third kappa shape index (κ3) is 1.55. The van der Waals surface area contributed by atoms with E-state index in [0.717, 1.165) is 0 Å². The van der Waals surface area contributed by atoms with Crippen LogP contribution in [0.5, 0.6) is 0 Å². The molecule has 0 amide bonds. The molecule has 0 saturated heterocycles. The first-order valence-electron chi connectivity index (χ1n) is 3.11. The summed E-state index contributed by atoms with van der Waals surface area (Å²) in [6, 6.07) is 9.07. The zero-order chi connectivity index (χ0) is 8.27. The number of nitrogens with one attached hydrogen (secondary N) is 2. The lowest BCUT2D eigenvalue weighted by Gasteiger charge is -1.94. The fourth-order valence-electron chi connectivity index (χ4n) is 0.764. The van der Waals surface area contributed by atoms with Gasteiger partial charge in [-0.15, -0.1) is 0 Å². The third-order valence-electron chi connectivity index (χ3n) is 1.32. The highest BCUT2D eigenvalue weighted by Crippen LogP contribution is 2.01. The topological polar surface area (TPSA) is 73.7 Å². The van der Waals surface area contributed by atoms with E-state index in [0.29, 0.717) is 11.1 Å². The molecule has 0 bridgehead atoms. The van der Waals surface area contributed by atoms with Gasteiger partial charge in [-0.25, -0.2) is 0 Å². The van der Waals surface area contributed by atoms with Gasteiger partial charge < -0.3 is 5.73 Å². The summed E-state index contributed by atoms with van der Waals surface area (Å²) in [5, 5.41) is 13.9. The average Bonchev–Trinajstić information content (AvgIpc) is 2.05. The van der Waals surface area contributed by atoms with Gasteiger partial charge >= 0.3 is 6.07 Å². The number of hydrogen-bond donors (Lipinski definition) is 3. The lowest BCUT2D eigenvalue weighted by Crippen LogP contribution is -2.17. The lowest BCUT2D eigenvalue weighted by atomic mass is 10.1. The zero-order valence-corrected chi connectivity index (χ0v) is 5.89. The van der Waals surface area contributed by atoms with Crippen molar-refractivity contribution in [3.05, 3.63) is 35.4 Å². The van der Waals surface area contributed by atoms with Gasteiger partial charge in [0.05, 0.1) is 0 Å². The summed E-state index contributed by atoms with van der Waals surface area (Å²) in [7, 11) is 0. The van der Waals surface area contributed by atoms with Crippen LogP contribution in [0.15, 0.2) is 24.3 Å². The first-order valence-corrected chi connectivity index (χ1v) is 3.11. The zero-order valence-electron chi connectivity index (χ0n) is 5.89. The van der Waals surface area contributed by atoms with Gasteiger partial charge in [-0.05, 0) is 12.1 Å². The third-order valence-corrected chi connectivity index (χ3v) is 1.32. The molecule has 0 heterocycles. The fourth-order valence-corrected chi connectivity index (χ4v) is 0.764. The largest absolute Gasteiger partial charge is 0.384 e. The van der Waals surface area contributed by atoms with Crippen LogP contribution in [0.1, 0.15) is 11.1 Å². The molecule has 1 aromatic carbocycles. The molecule has 0 radical (unpaired) electrons. The Morgan fingerprint density at radius 3 is 2.82 bits per heavy atom. The Hall–Kier alpha value is -1.82. The summed E-state index contributed by atoms with van der Waals surface area (Å²) in [5.74, 6) is 0.0158. The number of rotatable bonds is 1. The Kier molecular flexibility index (Phi) is 1.88. The van der Waals surface area contributed by atoms with Gasteiger partial charge in [-0.3, -0.25) is 5.41 Å². The Labute approximate surface area is 64.6 Å². The molecule has 0 aliphatic carbocycles. The molecule has 3 heteroatoms. The number of nitrogen functional groups attached to an aromatic ring is 1. The van der Waals surface area contributed by atoms with Crippen LogP contribution in [-0.2, 0) is 0 Å². The molecule has 0 aliphatic rings. The predicted octanol–water partition coefficient (Wildman–Crippen LogP) is -0.909. The summed E-state index contributed by atoms with van der Waals surface area (Å²) in [6.45, 7) is 0. The Morgan fingerprint density at radius 1 is 1.55 bits per heavy atom. The fraction of sp³-hybridized carbons (Fsp3) is 0. The standard InChI is InChI=1S/C8H7N3/c9-5-6-2-1-3-7(4-6)8(10)11/h1-4H,(H3,10,11)/p+1. The maximum atomic E-state index is 7.10. The van der Waals surface area contributed by atoms with Crippen LogP contribution in [0.3, 0.4) is 0 Å². The van der Waals surface area contributed by atoms with Crippen molar-refractivity contribution in [1.29, 1.82) is 5.41 Å². The quantitative estimate of drug-likeness (QED) is 0.348. The Balaban J connectivity index is 3.13. The van der Waals surface area contributed by atoms with E-state index in [1.807, 2.05) is 0 Å². The van der Waals surface area contributed by atoms with Crippen molar-refractivity contribution in [2.24, 2.45) is 5.73 Å². The molecule has 0 unspecified atom stereocenters. The second-order valence-electron chi connectivity index (χ2n) is 2.12. The first-order chi connectivity index (χ1) is 5.24. The molecule has 3 nitrogen and oxygen atoms in total. The maximum absolute atomic E-state index is 7.10. The van der Waals surface area contributed by atoms with Crippen molar-refractivity contribution in [2.75, 3.05) is 0 Å². The van der Waals surface area contributed by atoms with Crippen LogP contribution in [0.2, 0.25) is 0 Å². The van der Waals surface area contributed by atoms with Crippen molar-refractivity contribution in [3.63, 3.8) is 0 Å². The van der Waals surface area contributed by atoms with E-state index in [4.69, 9.17) is 16.4 Å². The normalized spacial score (nSPS) is 8.64. The van der Waals surface area contributed by atoms with Gasteiger partial charge in [0.1, 0.15) is 11.4 Å². The van der Waals surface area contributed by atoms with Crippen molar-refractivity contribution >= 4 is 5.84 Å². The minimum Gasteiger partial charge on any atom is -0.384 e. The van der Waals surface area contributed by atoms with Crippen molar-refractivity contribution in [1.82, 2.24) is 0 Å². The molecule has 0 fully saturated rings. The van der Waals surface area contributed by atoms with Gasteiger partial charge in [0.15, 0.2) is 0 Å². The molecule has 0 saturated carbocycles. The predicted molar refractivity (Wildman–Crippen MR) is 41.4 cm³/mol. The lowest BCUT2D eigenvalue weighted by molar-refractivity contribution is -0.0909. The van der Waals surface area contributed by atoms with Gasteiger partial charge in [0.2, 0.25) is 0 Å². The van der Waals surface area contributed by atoms with Crippen LogP contribution in [0, 0.1) is 11.5 Å². The second-order valence-corrected chi connectivity index (χ2v) is 2.12. The molecule has 4 N–H and O–H groups in total. The van der Waals surface area contributed by atoms with Crippen molar-refractivity contribution < 1.29 is 5.26 Å². The molecular formula is C8H8N3+. The van der Waals surface area contributed by atoms with Crippen molar-refractivity contribution in [3.8, 4) is 6.07 Å². The Bertz CT molecular complexity index is 322. The van der Waals surface area contributed by atoms with Crippen molar-refractivity contribution in [2.45, 2.75) is 0 Å². The SMILES string of the molecule is N=C(N)c1cccc(C#[NH+])c1. The molecule has 0 aromatic heterocycles. The van der Waals surface area contributed by atoms with Gasteiger partial charge in [-0.2, -0.15) is 0 Å². The minimum atomic E-state index is 0.0158. The van der Waals surface area contributed by atoms with E-state index in [1.54, 1.807) is 24.3 Å². The number of benzene rings is 1. The molecule has 0 aliphatic heterocycles. The van der Waals surface area contributed by atoms with E-state index in [-0.39, 0.29) is 5.84 Å². The summed E-state index contributed by atoms with van der Waals surface area (Å²) < 4.78 is 0. The molecule has 0 spiro atoms. The Morgan fingerprint density at radius 2 is 2.27 bits per heavy atom. The van der Waals surface area contributed by atoms with Gasteiger partial charge in [0.25, 0.3) is 0 Å². The molecule has 54 valence electrons. The van der Waals surface area contributed by atoms with Crippen LogP contribution in [0.4, 0.5) is 0 Å². The van der Waals surface area contributed by atoms with Crippen LogP contribution in [0.25, 0.3) is 0 Å². The van der Waals surface area contributed by atoms with E-state index in [1.165, 1.54) is 0 Å². The van der Waals surface area contributed by atoms with Gasteiger partial charge in [-0.1, -0.05) is 17.4 Å². The smallest absolute Gasteiger partial charge is 0.308 e. The summed E-state index contributed by atoms with van der Waals surface area (Å²) in [5.41, 5.74) is 6.50. The molecule has 1 rings (SSSR count). The van der Waals surface area contributed by atoms with Crippen LogP contribution >= 0.6 is 0 Å². The highest BCUT2D eigenvalue weighted by molar-refractivity contribution is 5.95. The van der Waals surface area contributed by atoms with E-state index in [2.05, 4.69) is 6.07 Å². The summed E-state index contributed by atoms with van der Waals surface area (Å²) >= 11 is 0. The van der Waals surface area contributed by atoms with Crippen LogP contribution in [-0.4, -0.2) is 5.84 Å². The highest BCUT2D eigenvalue weighted by atomic mass is 14.7. The van der Waals surface area contributed by atoms with Crippen LogP contribution < -0.4 is 11.0 Å².